The molecule has 1 aromatic rings. The number of halogens is 2. The zero-order valence-electron chi connectivity index (χ0n) is 10.5. The van der Waals surface area contributed by atoms with Gasteiger partial charge >= 0.3 is 5.97 Å². The van der Waals surface area contributed by atoms with Crippen molar-refractivity contribution in [2.24, 2.45) is 0 Å². The third-order valence-corrected chi connectivity index (χ3v) is 3.11. The molecule has 0 saturated heterocycles. The van der Waals surface area contributed by atoms with E-state index in [1.807, 2.05) is 13.8 Å². The molecule has 0 bridgehead atoms. The minimum Gasteiger partial charge on any atom is -0.487 e. The van der Waals surface area contributed by atoms with Gasteiger partial charge in [-0.05, 0) is 38.3 Å². The van der Waals surface area contributed by atoms with E-state index in [-0.39, 0.29) is 62.2 Å². The number of carboxylic acid groups (broad SMARTS) is 1. The van der Waals surface area contributed by atoms with E-state index in [1.165, 1.54) is 6.07 Å². The minimum atomic E-state index is -1.36. The summed E-state index contributed by atoms with van der Waals surface area (Å²) in [5.74, 6) is -2.19. The summed E-state index contributed by atoms with van der Waals surface area (Å²) in [7, 11) is 0. The number of fused-ring (bicyclic) bond motifs is 1. The standard InChI is InChI=1S/C12H12ClFO3.K/c1-12(2)4-3-6-5-7(13)9(14)8(11(15)16)10(6)17-12;/h5H,3-4H2,1-2H3,(H,15,16);. The van der Waals surface area contributed by atoms with Crippen LogP contribution in [0, 0.1) is 5.82 Å². The molecule has 0 unspecified atom stereocenters. The normalized spacial score (nSPS) is 16.2. The van der Waals surface area contributed by atoms with Gasteiger partial charge in [0.05, 0.1) is 5.02 Å². The Labute approximate surface area is 152 Å². The van der Waals surface area contributed by atoms with Crippen molar-refractivity contribution in [3.63, 3.8) is 0 Å². The number of carbonyl (C=O) groups is 1. The van der Waals surface area contributed by atoms with Crippen LogP contribution < -0.4 is 4.74 Å². The van der Waals surface area contributed by atoms with E-state index in [4.69, 9.17) is 21.4 Å². The van der Waals surface area contributed by atoms with E-state index in [2.05, 4.69) is 0 Å². The van der Waals surface area contributed by atoms with Crippen molar-refractivity contribution in [3.05, 3.63) is 28.0 Å². The van der Waals surface area contributed by atoms with Gasteiger partial charge in [-0.25, -0.2) is 9.18 Å². The predicted octanol–water partition coefficient (Wildman–Crippen LogP) is 2.90. The summed E-state index contributed by atoms with van der Waals surface area (Å²) in [6.07, 6.45) is 1.36. The summed E-state index contributed by atoms with van der Waals surface area (Å²) in [5.41, 5.74) is -0.314. The summed E-state index contributed by atoms with van der Waals surface area (Å²) in [6.45, 7) is 3.68. The van der Waals surface area contributed by atoms with Crippen molar-refractivity contribution in [2.45, 2.75) is 32.3 Å². The van der Waals surface area contributed by atoms with Crippen LogP contribution in [0.5, 0.6) is 5.75 Å². The molecule has 0 spiro atoms. The summed E-state index contributed by atoms with van der Waals surface area (Å²) >= 11 is 5.67. The van der Waals surface area contributed by atoms with Crippen molar-refractivity contribution >= 4 is 69.0 Å². The van der Waals surface area contributed by atoms with Gasteiger partial charge in [0.1, 0.15) is 16.9 Å². The average molecular weight is 298 g/mol. The molecule has 3 nitrogen and oxygen atoms in total. The van der Waals surface area contributed by atoms with E-state index >= 15 is 0 Å². The van der Waals surface area contributed by atoms with Crippen molar-refractivity contribution in [1.82, 2.24) is 0 Å². The van der Waals surface area contributed by atoms with Gasteiger partial charge in [-0.1, -0.05) is 11.6 Å². The monoisotopic (exact) mass is 297 g/mol. The molecule has 93 valence electrons. The van der Waals surface area contributed by atoms with Gasteiger partial charge in [0.25, 0.3) is 0 Å². The minimum absolute atomic E-state index is 0. The number of benzene rings is 1. The molecule has 1 heterocycles. The molecule has 0 atom stereocenters. The Morgan fingerprint density at radius 2 is 2.17 bits per heavy atom. The van der Waals surface area contributed by atoms with Crippen LogP contribution in [0.3, 0.4) is 0 Å². The third-order valence-electron chi connectivity index (χ3n) is 2.84. The van der Waals surface area contributed by atoms with E-state index in [1.54, 1.807) is 0 Å². The fraction of sp³-hybridized carbons (Fsp3) is 0.417. The zero-order valence-corrected chi connectivity index (χ0v) is 14.4. The van der Waals surface area contributed by atoms with E-state index in [0.29, 0.717) is 12.0 Å². The molecule has 0 aliphatic carbocycles. The molecular weight excluding hydrogens is 286 g/mol. The number of ether oxygens (including phenoxy) is 1. The first kappa shape index (κ1) is 16.4. The maximum Gasteiger partial charge on any atom is 0.342 e. The van der Waals surface area contributed by atoms with Gasteiger partial charge in [-0.3, -0.25) is 0 Å². The Hall–Kier alpha value is 0.346. The molecule has 1 aliphatic rings. The molecule has 1 aliphatic heterocycles. The van der Waals surface area contributed by atoms with E-state index in [0.717, 1.165) is 6.42 Å². The maximum absolute atomic E-state index is 13.7. The van der Waals surface area contributed by atoms with Gasteiger partial charge < -0.3 is 9.84 Å². The van der Waals surface area contributed by atoms with Gasteiger partial charge in [0.15, 0.2) is 5.82 Å². The van der Waals surface area contributed by atoms with Crippen molar-refractivity contribution < 1.29 is 19.0 Å². The van der Waals surface area contributed by atoms with Crippen LogP contribution in [0.2, 0.25) is 5.02 Å². The van der Waals surface area contributed by atoms with Crippen LogP contribution in [0.1, 0.15) is 36.2 Å². The first-order valence-corrected chi connectivity index (χ1v) is 5.63. The molecule has 0 saturated carbocycles. The van der Waals surface area contributed by atoms with Crippen LogP contribution in [-0.4, -0.2) is 68.1 Å². The molecule has 6 heteroatoms. The summed E-state index contributed by atoms with van der Waals surface area (Å²) in [5, 5.41) is 8.86. The number of aromatic carboxylic acids is 1. The van der Waals surface area contributed by atoms with Crippen LogP contribution in [-0.2, 0) is 6.42 Å². The average Bonchev–Trinajstić information content (AvgIpc) is 2.19. The Balaban J connectivity index is 0.00000162. The maximum atomic E-state index is 13.7. The second-order valence-electron chi connectivity index (χ2n) is 4.70. The largest absolute Gasteiger partial charge is 0.487 e. The SMILES string of the molecule is CC1(C)CCc2cc(Cl)c(F)c(C(=O)O)c2O1.[K]. The second-order valence-corrected chi connectivity index (χ2v) is 5.11. The second kappa shape index (κ2) is 5.77. The quantitative estimate of drug-likeness (QED) is 0.811. The first-order valence-electron chi connectivity index (χ1n) is 5.25. The number of hydrogen-bond acceptors (Lipinski definition) is 2. The Bertz CT molecular complexity index is 503. The van der Waals surface area contributed by atoms with Crippen LogP contribution >= 0.6 is 11.6 Å². The molecular formula is C12H12ClFKO3. The molecule has 1 N–H and O–H groups in total. The predicted molar refractivity (Wildman–Crippen MR) is 67.2 cm³/mol. The summed E-state index contributed by atoms with van der Waals surface area (Å²) in [4.78, 5) is 11.1. The number of carboxylic acids is 1. The van der Waals surface area contributed by atoms with Crippen molar-refractivity contribution in [3.8, 4) is 5.75 Å². The number of rotatable bonds is 1. The van der Waals surface area contributed by atoms with Crippen LogP contribution in [0.15, 0.2) is 6.07 Å². The fourth-order valence-corrected chi connectivity index (χ4v) is 2.14. The molecule has 0 aromatic heterocycles. The smallest absolute Gasteiger partial charge is 0.342 e. The van der Waals surface area contributed by atoms with Crippen molar-refractivity contribution in [1.29, 1.82) is 0 Å². The number of hydrogen-bond donors (Lipinski definition) is 1. The van der Waals surface area contributed by atoms with Gasteiger partial charge in [-0.15, -0.1) is 0 Å². The molecule has 0 fully saturated rings. The molecule has 1 radical (unpaired) electrons. The zero-order chi connectivity index (χ0) is 12.8. The third kappa shape index (κ3) is 3.08. The Morgan fingerprint density at radius 3 is 2.72 bits per heavy atom. The molecule has 2 rings (SSSR count). The first-order chi connectivity index (χ1) is 7.82. The summed E-state index contributed by atoms with van der Waals surface area (Å²) < 4.78 is 19.3. The van der Waals surface area contributed by atoms with Gasteiger partial charge in [0.2, 0.25) is 0 Å². The van der Waals surface area contributed by atoms with Gasteiger partial charge in [0, 0.05) is 51.4 Å². The van der Waals surface area contributed by atoms with Crippen molar-refractivity contribution in [2.75, 3.05) is 0 Å². The Morgan fingerprint density at radius 1 is 1.56 bits per heavy atom. The Kier molecular flexibility index (Phi) is 5.26. The fourth-order valence-electron chi connectivity index (χ4n) is 1.92. The van der Waals surface area contributed by atoms with E-state index in [9.17, 15) is 9.18 Å². The van der Waals surface area contributed by atoms with Gasteiger partial charge in [-0.2, -0.15) is 0 Å². The summed E-state index contributed by atoms with van der Waals surface area (Å²) in [6, 6.07) is 1.44. The number of aryl methyl sites for hydroxylation is 1. The topological polar surface area (TPSA) is 46.5 Å². The molecule has 18 heavy (non-hydrogen) atoms. The van der Waals surface area contributed by atoms with Crippen LogP contribution in [0.4, 0.5) is 4.39 Å². The molecule has 0 amide bonds. The van der Waals surface area contributed by atoms with E-state index < -0.39 is 23.0 Å². The van der Waals surface area contributed by atoms with Crippen LogP contribution in [0.25, 0.3) is 0 Å². The molecule has 1 aromatic carbocycles.